The van der Waals surface area contributed by atoms with Gasteiger partial charge in [0.2, 0.25) is 5.91 Å². The molecule has 212 valence electrons. The molecule has 1 aromatic carbocycles. The van der Waals surface area contributed by atoms with Crippen LogP contribution in [0, 0.1) is 5.82 Å². The molecule has 4 heterocycles. The zero-order valence-electron chi connectivity index (χ0n) is 23.2. The quantitative estimate of drug-likeness (QED) is 0.250. The lowest BCUT2D eigenvalue weighted by Gasteiger charge is -2.36. The van der Waals surface area contributed by atoms with Gasteiger partial charge in [0.05, 0.1) is 27.8 Å². The number of fused-ring (bicyclic) bond motifs is 1. The van der Waals surface area contributed by atoms with E-state index in [2.05, 4.69) is 52.5 Å². The number of nitrogens with zero attached hydrogens (tertiary/aromatic N) is 4. The first-order valence-electron chi connectivity index (χ1n) is 13.5. The summed E-state index contributed by atoms with van der Waals surface area (Å²) in [6.45, 7) is 7.64. The van der Waals surface area contributed by atoms with Gasteiger partial charge in [0, 0.05) is 55.7 Å². The summed E-state index contributed by atoms with van der Waals surface area (Å²) in [6, 6.07) is 6.92. The van der Waals surface area contributed by atoms with Gasteiger partial charge in [-0.25, -0.2) is 14.4 Å². The summed E-state index contributed by atoms with van der Waals surface area (Å²) in [4.78, 5) is 30.7. The van der Waals surface area contributed by atoms with Gasteiger partial charge < -0.3 is 25.8 Å². The fourth-order valence-corrected chi connectivity index (χ4v) is 5.73. The van der Waals surface area contributed by atoms with Gasteiger partial charge in [0.15, 0.2) is 17.9 Å². The SMILES string of the molecule is CCC(C(=O)Nc1nccc2c(C3=C(C)C=NC(Nc4cccc(SNC)c4F)N3)c[nH]c12)N1CCN(C)CC1. The van der Waals surface area contributed by atoms with E-state index in [1.807, 2.05) is 26.1 Å². The van der Waals surface area contributed by atoms with Gasteiger partial charge in [-0.2, -0.15) is 0 Å². The number of likely N-dealkylation sites (N-methyl/N-ethyl adjacent to an activating group) is 1. The fraction of sp³-hybridized carbons (Fsp3) is 0.393. The third kappa shape index (κ3) is 5.85. The molecule has 0 radical (unpaired) electrons. The van der Waals surface area contributed by atoms with Crippen molar-refractivity contribution < 1.29 is 9.18 Å². The summed E-state index contributed by atoms with van der Waals surface area (Å²) in [5.41, 5.74) is 3.80. The van der Waals surface area contributed by atoms with Crippen LogP contribution < -0.4 is 20.7 Å². The zero-order chi connectivity index (χ0) is 28.2. The number of hydrogen-bond donors (Lipinski definition) is 5. The third-order valence-electron chi connectivity index (χ3n) is 7.34. The molecule has 12 heteroatoms. The Hall–Kier alpha value is -3.45. The summed E-state index contributed by atoms with van der Waals surface area (Å²) >= 11 is 1.22. The summed E-state index contributed by atoms with van der Waals surface area (Å²) in [7, 11) is 3.86. The average Bonchev–Trinajstić information content (AvgIpc) is 3.38. The Morgan fingerprint density at radius 3 is 2.80 bits per heavy atom. The molecule has 0 saturated carbocycles. The highest BCUT2D eigenvalue weighted by Crippen LogP contribution is 2.31. The highest BCUT2D eigenvalue weighted by atomic mass is 32.2. The Balaban J connectivity index is 1.35. The molecule has 1 amide bonds. The lowest BCUT2D eigenvalue weighted by Crippen LogP contribution is -2.52. The van der Waals surface area contributed by atoms with Crippen molar-refractivity contribution in [3.05, 3.63) is 53.6 Å². The number of anilines is 2. The molecule has 1 saturated heterocycles. The van der Waals surface area contributed by atoms with Crippen molar-refractivity contribution in [1.82, 2.24) is 29.8 Å². The predicted molar refractivity (Wildman–Crippen MR) is 161 cm³/mol. The number of carbonyl (C=O) groups excluding carboxylic acids is 1. The number of aliphatic imine (C=N–C) groups is 1. The monoisotopic (exact) mass is 565 g/mol. The standard InChI is InChI=1S/C28H36FN9OS/c1-5-21(38-13-11-37(4)12-14-38)27(39)36-26-25-18(9-10-31-26)19(16-32-25)24-17(2)15-33-28(35-24)34-20-7-6-8-22(23(20)29)40-30-3/h6-10,15-16,21,28,30,32,34-35H,5,11-14H2,1-4H3,(H,31,36,39). The second-order valence-electron chi connectivity index (χ2n) is 9.99. The molecule has 2 aliphatic heterocycles. The van der Waals surface area contributed by atoms with Crippen molar-refractivity contribution in [3.63, 3.8) is 0 Å². The maximum Gasteiger partial charge on any atom is 0.242 e. The lowest BCUT2D eigenvalue weighted by molar-refractivity contribution is -0.122. The van der Waals surface area contributed by atoms with E-state index in [-0.39, 0.29) is 17.8 Å². The van der Waals surface area contributed by atoms with Crippen molar-refractivity contribution in [2.45, 2.75) is 37.5 Å². The predicted octanol–water partition coefficient (Wildman–Crippen LogP) is 3.69. The van der Waals surface area contributed by atoms with Crippen LogP contribution in [-0.2, 0) is 4.79 Å². The summed E-state index contributed by atoms with van der Waals surface area (Å²) < 4.78 is 17.9. The molecule has 3 aromatic rings. The highest BCUT2D eigenvalue weighted by Gasteiger charge is 2.28. The molecular weight excluding hydrogens is 529 g/mol. The van der Waals surface area contributed by atoms with Crippen LogP contribution in [0.1, 0.15) is 25.8 Å². The number of rotatable bonds is 9. The van der Waals surface area contributed by atoms with Crippen molar-refractivity contribution in [2.24, 2.45) is 4.99 Å². The van der Waals surface area contributed by atoms with Crippen LogP contribution in [0.5, 0.6) is 0 Å². The maximum atomic E-state index is 15.0. The molecule has 2 aromatic heterocycles. The van der Waals surface area contributed by atoms with Crippen LogP contribution in [0.2, 0.25) is 0 Å². The number of allylic oxidation sites excluding steroid dienone is 1. The van der Waals surface area contributed by atoms with Crippen molar-refractivity contribution >= 4 is 52.2 Å². The van der Waals surface area contributed by atoms with Gasteiger partial charge >= 0.3 is 0 Å². The summed E-state index contributed by atoms with van der Waals surface area (Å²) in [5, 5.41) is 10.5. The molecule has 0 aliphatic carbocycles. The third-order valence-corrected chi connectivity index (χ3v) is 8.08. The van der Waals surface area contributed by atoms with E-state index >= 15 is 0 Å². The van der Waals surface area contributed by atoms with Crippen molar-refractivity contribution in [1.29, 1.82) is 0 Å². The van der Waals surface area contributed by atoms with Crippen molar-refractivity contribution in [3.8, 4) is 0 Å². The molecule has 0 spiro atoms. The zero-order valence-corrected chi connectivity index (χ0v) is 24.0. The number of amides is 1. The largest absolute Gasteiger partial charge is 0.357 e. The van der Waals surface area contributed by atoms with Crippen LogP contribution >= 0.6 is 11.9 Å². The topological polar surface area (TPSA) is 113 Å². The first-order valence-corrected chi connectivity index (χ1v) is 14.3. The molecular formula is C28H36FN9OS. The normalized spacial score (nSPS) is 19.1. The minimum atomic E-state index is -0.567. The molecule has 2 aliphatic rings. The molecule has 5 rings (SSSR count). The van der Waals surface area contributed by atoms with Crippen LogP contribution in [0.15, 0.2) is 52.1 Å². The molecule has 1 fully saturated rings. The first kappa shape index (κ1) is 28.1. The Morgan fingerprint density at radius 1 is 1.25 bits per heavy atom. The smallest absolute Gasteiger partial charge is 0.242 e. The molecule has 2 unspecified atom stereocenters. The molecule has 5 N–H and O–H groups in total. The van der Waals surface area contributed by atoms with Gasteiger partial charge in [-0.3, -0.25) is 14.4 Å². The number of hydrogen-bond acceptors (Lipinski definition) is 9. The average molecular weight is 566 g/mol. The van der Waals surface area contributed by atoms with Gasteiger partial charge in [0.25, 0.3) is 0 Å². The van der Waals surface area contributed by atoms with Gasteiger partial charge in [0.1, 0.15) is 0 Å². The van der Waals surface area contributed by atoms with E-state index in [1.165, 1.54) is 11.9 Å². The van der Waals surface area contributed by atoms with E-state index in [9.17, 15) is 9.18 Å². The molecule has 40 heavy (non-hydrogen) atoms. The number of H-pyrrole nitrogens is 1. The summed E-state index contributed by atoms with van der Waals surface area (Å²) in [5.74, 6) is 0.110. The maximum absolute atomic E-state index is 15.0. The second-order valence-corrected chi connectivity index (χ2v) is 11.0. The van der Waals surface area contributed by atoms with E-state index < -0.39 is 6.29 Å². The highest BCUT2D eigenvalue weighted by molar-refractivity contribution is 7.97. The van der Waals surface area contributed by atoms with Crippen LogP contribution in [0.3, 0.4) is 0 Å². The van der Waals surface area contributed by atoms with E-state index in [4.69, 9.17) is 0 Å². The van der Waals surface area contributed by atoms with Gasteiger partial charge in [-0.05, 0) is 63.2 Å². The Labute approximate surface area is 238 Å². The number of pyridine rings is 1. The number of nitrogens with one attached hydrogen (secondary N) is 5. The first-order chi connectivity index (χ1) is 19.4. The number of piperazine rings is 1. The van der Waals surface area contributed by atoms with Crippen LogP contribution in [0.25, 0.3) is 16.6 Å². The minimum absolute atomic E-state index is 0.0496. The lowest BCUT2D eigenvalue weighted by atomic mass is 10.1. The Morgan fingerprint density at radius 2 is 2.05 bits per heavy atom. The molecule has 2 atom stereocenters. The van der Waals surface area contributed by atoms with Crippen LogP contribution in [0.4, 0.5) is 15.9 Å². The molecule has 0 bridgehead atoms. The molecule has 10 nitrogen and oxygen atoms in total. The van der Waals surface area contributed by atoms with E-state index in [0.29, 0.717) is 16.4 Å². The number of halogens is 1. The van der Waals surface area contributed by atoms with Crippen molar-refractivity contribution in [2.75, 3.05) is 50.9 Å². The number of benzene rings is 1. The van der Waals surface area contributed by atoms with Crippen LogP contribution in [-0.4, -0.2) is 84.5 Å². The Kier molecular flexibility index (Phi) is 8.69. The fourth-order valence-electron chi connectivity index (χ4n) is 5.16. The van der Waals surface area contributed by atoms with E-state index in [1.54, 1.807) is 37.7 Å². The second kappa shape index (κ2) is 12.4. The minimum Gasteiger partial charge on any atom is -0.357 e. The van der Waals surface area contributed by atoms with E-state index in [0.717, 1.165) is 60.3 Å². The van der Waals surface area contributed by atoms with Gasteiger partial charge in [-0.1, -0.05) is 13.0 Å². The number of aromatic amines is 1. The number of aromatic nitrogens is 2. The summed E-state index contributed by atoms with van der Waals surface area (Å²) in [6.07, 6.45) is 5.53. The number of carbonyl (C=O) groups is 1. The van der Waals surface area contributed by atoms with Gasteiger partial charge in [-0.15, -0.1) is 0 Å². The Bertz CT molecular complexity index is 1430.